The van der Waals surface area contributed by atoms with Crippen LogP contribution >= 0.6 is 0 Å². The van der Waals surface area contributed by atoms with Crippen LogP contribution in [0.1, 0.15) is 22.3 Å². The molecule has 1 amide bonds. The van der Waals surface area contributed by atoms with Crippen molar-refractivity contribution in [2.45, 2.75) is 23.9 Å². The van der Waals surface area contributed by atoms with Crippen LogP contribution in [0.3, 0.4) is 0 Å². The number of carbonyl (C=O) groups excluding carboxylic acids is 1. The van der Waals surface area contributed by atoms with E-state index < -0.39 is 10.0 Å². The second-order valence-electron chi connectivity index (χ2n) is 7.00. The molecule has 0 saturated carbocycles. The lowest BCUT2D eigenvalue weighted by atomic mass is 10.2. The van der Waals surface area contributed by atoms with E-state index in [1.165, 1.54) is 31.8 Å². The molecule has 2 aromatic carbocycles. The molecule has 2 aromatic rings. The molecule has 0 aromatic heterocycles. The van der Waals surface area contributed by atoms with Gasteiger partial charge in [-0.3, -0.25) is 9.69 Å². The number of amides is 1. The molecule has 1 N–H and O–H groups in total. The van der Waals surface area contributed by atoms with Crippen LogP contribution in [0.2, 0.25) is 0 Å². The molecule has 1 aliphatic heterocycles. The fraction of sp³-hybridized carbons (Fsp3) is 0.350. The van der Waals surface area contributed by atoms with Crippen LogP contribution in [0.25, 0.3) is 0 Å². The highest BCUT2D eigenvalue weighted by Crippen LogP contribution is 2.17. The molecule has 1 fully saturated rings. The van der Waals surface area contributed by atoms with Gasteiger partial charge in [0, 0.05) is 45.3 Å². The minimum Gasteiger partial charge on any atom is -0.348 e. The molecule has 1 atom stereocenters. The first-order chi connectivity index (χ1) is 12.9. The van der Waals surface area contributed by atoms with Crippen molar-refractivity contribution in [2.24, 2.45) is 0 Å². The zero-order valence-corrected chi connectivity index (χ0v) is 16.4. The molecule has 3 rings (SSSR count). The molecule has 1 saturated heterocycles. The first-order valence-corrected chi connectivity index (χ1v) is 10.4. The lowest BCUT2D eigenvalue weighted by Crippen LogP contribution is -2.37. The van der Waals surface area contributed by atoms with Crippen LogP contribution in [0.15, 0.2) is 59.5 Å². The van der Waals surface area contributed by atoms with E-state index in [0.29, 0.717) is 5.56 Å². The Balaban J connectivity index is 1.61. The van der Waals surface area contributed by atoms with E-state index in [-0.39, 0.29) is 16.8 Å². The molecule has 6 nitrogen and oxygen atoms in total. The molecule has 1 unspecified atom stereocenters. The van der Waals surface area contributed by atoms with Crippen molar-refractivity contribution in [3.05, 3.63) is 65.7 Å². The van der Waals surface area contributed by atoms with E-state index in [4.69, 9.17) is 0 Å². The number of nitrogens with zero attached hydrogens (tertiary/aromatic N) is 2. The number of carbonyl (C=O) groups is 1. The summed E-state index contributed by atoms with van der Waals surface area (Å²) in [7, 11) is -0.610. The van der Waals surface area contributed by atoms with E-state index in [0.717, 1.165) is 30.4 Å². The normalized spacial score (nSPS) is 18.0. The summed E-state index contributed by atoms with van der Waals surface area (Å²) in [5.41, 5.74) is 1.62. The van der Waals surface area contributed by atoms with Gasteiger partial charge in [-0.15, -0.1) is 0 Å². The first-order valence-electron chi connectivity index (χ1n) is 8.96. The summed E-state index contributed by atoms with van der Waals surface area (Å²) < 4.78 is 25.7. The highest BCUT2D eigenvalue weighted by atomic mass is 32.2. The van der Waals surface area contributed by atoms with Crippen molar-refractivity contribution >= 4 is 15.9 Å². The Morgan fingerprint density at radius 3 is 2.59 bits per heavy atom. The standard InChI is InChI=1S/C20H25N3O3S/c1-22(2)27(25,26)19-10-6-9-17(13-19)20(24)21-18-11-12-23(15-18)14-16-7-4-3-5-8-16/h3-10,13,18H,11-12,14-15H2,1-2H3,(H,21,24). The minimum absolute atomic E-state index is 0.0651. The summed E-state index contributed by atoms with van der Waals surface area (Å²) >= 11 is 0. The highest BCUT2D eigenvalue weighted by molar-refractivity contribution is 7.89. The fourth-order valence-electron chi connectivity index (χ4n) is 3.21. The Labute approximate surface area is 160 Å². The Morgan fingerprint density at radius 1 is 1.15 bits per heavy atom. The van der Waals surface area contributed by atoms with Crippen LogP contribution in [-0.4, -0.2) is 56.8 Å². The SMILES string of the molecule is CN(C)S(=O)(=O)c1cccc(C(=O)NC2CCN(Cc3ccccc3)C2)c1. The zero-order valence-electron chi connectivity index (χ0n) is 15.6. The molecular formula is C20H25N3O3S. The predicted octanol–water partition coefficient (Wildman–Crippen LogP) is 1.94. The average Bonchev–Trinajstić information content (AvgIpc) is 3.09. The lowest BCUT2D eigenvalue weighted by molar-refractivity contribution is 0.0937. The number of rotatable bonds is 6. The molecule has 0 radical (unpaired) electrons. The Kier molecular flexibility index (Phi) is 5.94. The summed E-state index contributed by atoms with van der Waals surface area (Å²) in [6, 6.07) is 16.5. The van der Waals surface area contributed by atoms with Crippen molar-refractivity contribution in [3.8, 4) is 0 Å². The fourth-order valence-corrected chi connectivity index (χ4v) is 4.16. The summed E-state index contributed by atoms with van der Waals surface area (Å²) in [5, 5.41) is 3.03. The molecule has 0 spiro atoms. The third-order valence-corrected chi connectivity index (χ3v) is 6.54. The van der Waals surface area contributed by atoms with Crippen LogP contribution in [0.4, 0.5) is 0 Å². The molecule has 27 heavy (non-hydrogen) atoms. The Bertz CT molecular complexity index is 898. The lowest BCUT2D eigenvalue weighted by Gasteiger charge is -2.17. The van der Waals surface area contributed by atoms with Crippen LogP contribution in [-0.2, 0) is 16.6 Å². The largest absolute Gasteiger partial charge is 0.348 e. The number of sulfonamides is 1. The minimum atomic E-state index is -3.56. The van der Waals surface area contributed by atoms with Crippen molar-refractivity contribution in [1.29, 1.82) is 0 Å². The van der Waals surface area contributed by atoms with Gasteiger partial charge < -0.3 is 5.32 Å². The van der Waals surface area contributed by atoms with Crippen molar-refractivity contribution in [1.82, 2.24) is 14.5 Å². The van der Waals surface area contributed by atoms with Gasteiger partial charge in [0.25, 0.3) is 5.91 Å². The third kappa shape index (κ3) is 4.74. The van der Waals surface area contributed by atoms with Gasteiger partial charge in [0.2, 0.25) is 10.0 Å². The second kappa shape index (κ2) is 8.21. The maximum atomic E-state index is 12.6. The molecule has 0 aliphatic carbocycles. The van der Waals surface area contributed by atoms with Crippen LogP contribution < -0.4 is 5.32 Å². The maximum Gasteiger partial charge on any atom is 0.251 e. The van der Waals surface area contributed by atoms with E-state index in [1.807, 2.05) is 18.2 Å². The van der Waals surface area contributed by atoms with Crippen molar-refractivity contribution in [3.63, 3.8) is 0 Å². The van der Waals surface area contributed by atoms with Gasteiger partial charge in [0.1, 0.15) is 0 Å². The van der Waals surface area contributed by atoms with Gasteiger partial charge >= 0.3 is 0 Å². The number of likely N-dealkylation sites (tertiary alicyclic amines) is 1. The number of nitrogens with one attached hydrogen (secondary N) is 1. The third-order valence-electron chi connectivity index (χ3n) is 4.73. The predicted molar refractivity (Wildman–Crippen MR) is 105 cm³/mol. The molecule has 7 heteroatoms. The van der Waals surface area contributed by atoms with Gasteiger partial charge in [-0.2, -0.15) is 0 Å². The van der Waals surface area contributed by atoms with Gasteiger partial charge in [-0.05, 0) is 30.2 Å². The topological polar surface area (TPSA) is 69.7 Å². The van der Waals surface area contributed by atoms with Crippen LogP contribution in [0.5, 0.6) is 0 Å². The van der Waals surface area contributed by atoms with E-state index in [1.54, 1.807) is 12.1 Å². The summed E-state index contributed by atoms with van der Waals surface area (Å²) in [4.78, 5) is 15.0. The number of benzene rings is 2. The number of hydrogen-bond donors (Lipinski definition) is 1. The molecule has 1 heterocycles. The van der Waals surface area contributed by atoms with Crippen LogP contribution in [0, 0.1) is 0 Å². The Hall–Kier alpha value is -2.22. The van der Waals surface area contributed by atoms with Gasteiger partial charge in [-0.1, -0.05) is 36.4 Å². The molecule has 1 aliphatic rings. The molecule has 0 bridgehead atoms. The van der Waals surface area contributed by atoms with E-state index >= 15 is 0 Å². The molecule has 144 valence electrons. The second-order valence-corrected chi connectivity index (χ2v) is 9.15. The van der Waals surface area contributed by atoms with Crippen molar-refractivity contribution in [2.75, 3.05) is 27.2 Å². The monoisotopic (exact) mass is 387 g/mol. The number of hydrogen-bond acceptors (Lipinski definition) is 4. The smallest absolute Gasteiger partial charge is 0.251 e. The Morgan fingerprint density at radius 2 is 1.89 bits per heavy atom. The van der Waals surface area contributed by atoms with Gasteiger partial charge in [0.05, 0.1) is 4.90 Å². The van der Waals surface area contributed by atoms with Crippen molar-refractivity contribution < 1.29 is 13.2 Å². The maximum absolute atomic E-state index is 12.6. The van der Waals surface area contributed by atoms with E-state index in [2.05, 4.69) is 22.3 Å². The van der Waals surface area contributed by atoms with Gasteiger partial charge in [0.15, 0.2) is 0 Å². The quantitative estimate of drug-likeness (QED) is 0.822. The van der Waals surface area contributed by atoms with E-state index in [9.17, 15) is 13.2 Å². The average molecular weight is 388 g/mol. The zero-order chi connectivity index (χ0) is 19.4. The molecular weight excluding hydrogens is 362 g/mol. The van der Waals surface area contributed by atoms with Gasteiger partial charge in [-0.25, -0.2) is 12.7 Å². The summed E-state index contributed by atoms with van der Waals surface area (Å²) in [6.45, 7) is 2.58. The highest BCUT2D eigenvalue weighted by Gasteiger charge is 2.25. The summed E-state index contributed by atoms with van der Waals surface area (Å²) in [6.07, 6.45) is 0.883. The summed E-state index contributed by atoms with van der Waals surface area (Å²) in [5.74, 6) is -0.239. The first kappa shape index (κ1) is 19.5.